The van der Waals surface area contributed by atoms with Crippen molar-refractivity contribution in [3.8, 4) is 0 Å². The SMILES string of the molecule is c1ccc2c(c1)CCN2.c1ccc2ocnc2c1. The first kappa shape index (κ1) is 10.8. The highest BCUT2D eigenvalue weighted by atomic mass is 16.3. The van der Waals surface area contributed by atoms with Gasteiger partial charge in [0, 0.05) is 12.2 Å². The summed E-state index contributed by atoms with van der Waals surface area (Å²) in [5.74, 6) is 0. The minimum Gasteiger partial charge on any atom is -0.443 e. The van der Waals surface area contributed by atoms with Crippen molar-refractivity contribution >= 4 is 16.8 Å². The number of hydrogen-bond acceptors (Lipinski definition) is 3. The fraction of sp³-hybridized carbons (Fsp3) is 0.133. The normalized spacial score (nSPS) is 12.4. The van der Waals surface area contributed by atoms with E-state index in [1.54, 1.807) is 0 Å². The van der Waals surface area contributed by atoms with Crippen LogP contribution in [0.3, 0.4) is 0 Å². The second-order valence-corrected chi connectivity index (χ2v) is 4.15. The molecule has 0 unspecified atom stereocenters. The smallest absolute Gasteiger partial charge is 0.181 e. The van der Waals surface area contributed by atoms with Crippen LogP contribution in [-0.4, -0.2) is 11.5 Å². The van der Waals surface area contributed by atoms with Crippen LogP contribution in [-0.2, 0) is 6.42 Å². The summed E-state index contributed by atoms with van der Waals surface area (Å²) in [7, 11) is 0. The molecule has 3 heteroatoms. The van der Waals surface area contributed by atoms with E-state index in [1.807, 2.05) is 24.3 Å². The van der Waals surface area contributed by atoms with Crippen LogP contribution in [0.25, 0.3) is 11.1 Å². The van der Waals surface area contributed by atoms with E-state index in [2.05, 4.69) is 34.6 Å². The van der Waals surface area contributed by atoms with Crippen molar-refractivity contribution in [2.75, 3.05) is 11.9 Å². The molecule has 0 saturated carbocycles. The molecule has 1 aromatic heterocycles. The molecule has 3 aromatic rings. The Bertz CT molecular complexity index is 592. The van der Waals surface area contributed by atoms with Gasteiger partial charge in [-0.3, -0.25) is 0 Å². The zero-order valence-electron chi connectivity index (χ0n) is 9.97. The van der Waals surface area contributed by atoms with Crippen molar-refractivity contribution < 1.29 is 4.42 Å². The topological polar surface area (TPSA) is 38.1 Å². The molecule has 2 aromatic carbocycles. The van der Waals surface area contributed by atoms with E-state index >= 15 is 0 Å². The Morgan fingerprint density at radius 2 is 1.83 bits per heavy atom. The zero-order valence-corrected chi connectivity index (χ0v) is 9.97. The Hall–Kier alpha value is -2.29. The van der Waals surface area contributed by atoms with Crippen molar-refractivity contribution in [3.05, 3.63) is 60.5 Å². The van der Waals surface area contributed by atoms with E-state index in [1.165, 1.54) is 24.1 Å². The van der Waals surface area contributed by atoms with Crippen LogP contribution < -0.4 is 5.32 Å². The largest absolute Gasteiger partial charge is 0.443 e. The van der Waals surface area contributed by atoms with Gasteiger partial charge in [-0.2, -0.15) is 0 Å². The van der Waals surface area contributed by atoms with Gasteiger partial charge in [0.2, 0.25) is 0 Å². The summed E-state index contributed by atoms with van der Waals surface area (Å²) in [4.78, 5) is 3.95. The summed E-state index contributed by atoms with van der Waals surface area (Å²) in [6.45, 7) is 1.11. The van der Waals surface area contributed by atoms with E-state index in [9.17, 15) is 0 Å². The standard InChI is InChI=1S/C8H9N.C7H5NO/c1-2-4-8-7(3-1)5-6-9-8;1-2-4-7-6(3-1)8-5-9-7/h1-4,9H,5-6H2;1-5H. The highest BCUT2D eigenvalue weighted by molar-refractivity contribution is 5.71. The second-order valence-electron chi connectivity index (χ2n) is 4.15. The molecule has 2 heterocycles. The fourth-order valence-corrected chi connectivity index (χ4v) is 2.05. The van der Waals surface area contributed by atoms with Crippen molar-refractivity contribution in [2.24, 2.45) is 0 Å². The number of nitrogens with zero attached hydrogens (tertiary/aromatic N) is 1. The fourth-order valence-electron chi connectivity index (χ4n) is 2.05. The Kier molecular flexibility index (Phi) is 2.96. The quantitative estimate of drug-likeness (QED) is 0.651. The zero-order chi connectivity index (χ0) is 12.2. The predicted octanol–water partition coefficient (Wildman–Crippen LogP) is 3.48. The number of para-hydroxylation sites is 3. The van der Waals surface area contributed by atoms with Gasteiger partial charge in [0.25, 0.3) is 0 Å². The van der Waals surface area contributed by atoms with Crippen LogP contribution in [0.15, 0.2) is 59.3 Å². The number of rotatable bonds is 0. The summed E-state index contributed by atoms with van der Waals surface area (Å²) >= 11 is 0. The third kappa shape index (κ3) is 2.20. The molecule has 0 fully saturated rings. The van der Waals surface area contributed by atoms with Crippen LogP contribution >= 0.6 is 0 Å². The van der Waals surface area contributed by atoms with Gasteiger partial charge >= 0.3 is 0 Å². The van der Waals surface area contributed by atoms with Gasteiger partial charge in [-0.1, -0.05) is 30.3 Å². The lowest BCUT2D eigenvalue weighted by Gasteiger charge is -1.94. The van der Waals surface area contributed by atoms with Crippen molar-refractivity contribution in [2.45, 2.75) is 6.42 Å². The van der Waals surface area contributed by atoms with Crippen LogP contribution in [0.2, 0.25) is 0 Å². The highest BCUT2D eigenvalue weighted by Crippen LogP contribution is 2.19. The lowest BCUT2D eigenvalue weighted by Crippen LogP contribution is -1.90. The molecule has 18 heavy (non-hydrogen) atoms. The van der Waals surface area contributed by atoms with Gasteiger partial charge in [0.05, 0.1) is 0 Å². The molecule has 0 amide bonds. The first-order valence-corrected chi connectivity index (χ1v) is 6.03. The molecule has 1 aliphatic heterocycles. The average molecular weight is 238 g/mol. The maximum Gasteiger partial charge on any atom is 0.181 e. The van der Waals surface area contributed by atoms with Gasteiger partial charge in [-0.25, -0.2) is 4.98 Å². The Balaban J connectivity index is 0.000000111. The minimum absolute atomic E-state index is 0.845. The molecule has 0 saturated heterocycles. The Morgan fingerprint density at radius 1 is 1.00 bits per heavy atom. The van der Waals surface area contributed by atoms with E-state index in [0.717, 1.165) is 17.6 Å². The van der Waals surface area contributed by atoms with Gasteiger partial charge in [0.1, 0.15) is 5.52 Å². The molecule has 3 nitrogen and oxygen atoms in total. The lowest BCUT2D eigenvalue weighted by molar-refractivity contribution is 0.602. The van der Waals surface area contributed by atoms with Gasteiger partial charge in [-0.05, 0) is 30.2 Å². The summed E-state index contributed by atoms with van der Waals surface area (Å²) in [5.41, 5.74) is 4.53. The van der Waals surface area contributed by atoms with Crippen LogP contribution in [0.4, 0.5) is 5.69 Å². The highest BCUT2D eigenvalue weighted by Gasteiger charge is 2.05. The number of fused-ring (bicyclic) bond motifs is 2. The summed E-state index contributed by atoms with van der Waals surface area (Å²) in [5, 5.41) is 3.30. The Morgan fingerprint density at radius 3 is 2.72 bits per heavy atom. The molecule has 0 atom stereocenters. The average Bonchev–Trinajstić information content (AvgIpc) is 3.08. The summed E-state index contributed by atoms with van der Waals surface area (Å²) in [6.07, 6.45) is 2.64. The lowest BCUT2D eigenvalue weighted by atomic mass is 10.2. The van der Waals surface area contributed by atoms with E-state index in [4.69, 9.17) is 4.42 Å². The van der Waals surface area contributed by atoms with Crippen LogP contribution in [0.1, 0.15) is 5.56 Å². The number of nitrogens with one attached hydrogen (secondary N) is 1. The molecule has 1 N–H and O–H groups in total. The maximum atomic E-state index is 5.01. The van der Waals surface area contributed by atoms with Crippen LogP contribution in [0, 0.1) is 0 Å². The van der Waals surface area contributed by atoms with E-state index < -0.39 is 0 Å². The number of aromatic nitrogens is 1. The second kappa shape index (κ2) is 4.92. The first-order chi connectivity index (χ1) is 8.93. The predicted molar refractivity (Wildman–Crippen MR) is 72.6 cm³/mol. The molecule has 0 aliphatic carbocycles. The molecule has 0 radical (unpaired) electrons. The first-order valence-electron chi connectivity index (χ1n) is 6.03. The number of hydrogen-bond donors (Lipinski definition) is 1. The molecule has 0 spiro atoms. The summed E-state index contributed by atoms with van der Waals surface area (Å²) < 4.78 is 5.01. The number of anilines is 1. The van der Waals surface area contributed by atoms with E-state index in [0.29, 0.717) is 0 Å². The molecule has 1 aliphatic rings. The molecular formula is C15H14N2O. The third-order valence-corrected chi connectivity index (χ3v) is 2.96. The Labute approximate surface area is 105 Å². The molecule has 4 rings (SSSR count). The minimum atomic E-state index is 0.845. The molecule has 90 valence electrons. The van der Waals surface area contributed by atoms with Crippen molar-refractivity contribution in [3.63, 3.8) is 0 Å². The third-order valence-electron chi connectivity index (χ3n) is 2.96. The van der Waals surface area contributed by atoms with Gasteiger partial charge in [0.15, 0.2) is 12.0 Å². The van der Waals surface area contributed by atoms with Crippen molar-refractivity contribution in [1.82, 2.24) is 4.98 Å². The van der Waals surface area contributed by atoms with Gasteiger partial charge in [-0.15, -0.1) is 0 Å². The molecular weight excluding hydrogens is 224 g/mol. The number of benzene rings is 2. The summed E-state index contributed by atoms with van der Waals surface area (Å²) in [6, 6.07) is 16.1. The van der Waals surface area contributed by atoms with Gasteiger partial charge < -0.3 is 9.73 Å². The van der Waals surface area contributed by atoms with Crippen molar-refractivity contribution in [1.29, 1.82) is 0 Å². The van der Waals surface area contributed by atoms with Crippen LogP contribution in [0.5, 0.6) is 0 Å². The van der Waals surface area contributed by atoms with E-state index in [-0.39, 0.29) is 0 Å². The number of oxazole rings is 1. The monoisotopic (exact) mass is 238 g/mol. The molecule has 0 bridgehead atoms. The maximum absolute atomic E-state index is 5.01.